The second-order valence-electron chi connectivity index (χ2n) is 4.04. The third-order valence-electron chi connectivity index (χ3n) is 2.83. The van der Waals surface area contributed by atoms with Crippen molar-refractivity contribution in [1.82, 2.24) is 10.3 Å². The van der Waals surface area contributed by atoms with E-state index in [1.54, 1.807) is 6.20 Å². The van der Waals surface area contributed by atoms with E-state index in [0.717, 1.165) is 31.2 Å². The second-order valence-corrected chi connectivity index (χ2v) is 4.04. The first-order valence-corrected chi connectivity index (χ1v) is 5.51. The van der Waals surface area contributed by atoms with Crippen LogP contribution in [0.1, 0.15) is 12.8 Å². The number of nitrogen functional groups attached to an aromatic ring is 1. The minimum absolute atomic E-state index is 0.574. The van der Waals surface area contributed by atoms with Crippen molar-refractivity contribution in [2.24, 2.45) is 5.92 Å². The first-order valence-electron chi connectivity index (χ1n) is 5.51. The van der Waals surface area contributed by atoms with Crippen LogP contribution in [0.15, 0.2) is 18.3 Å². The number of piperidine rings is 1. The highest BCUT2D eigenvalue weighted by Gasteiger charge is 2.12. The summed E-state index contributed by atoms with van der Waals surface area (Å²) in [6, 6.07) is 3.83. The lowest BCUT2D eigenvalue weighted by molar-refractivity contribution is 0.390. The average molecular weight is 206 g/mol. The molecule has 1 fully saturated rings. The molecule has 0 amide bonds. The summed E-state index contributed by atoms with van der Waals surface area (Å²) in [5, 5.41) is 6.77. The van der Waals surface area contributed by atoms with Crippen LogP contribution in [-0.4, -0.2) is 24.6 Å². The van der Waals surface area contributed by atoms with Crippen molar-refractivity contribution in [3.63, 3.8) is 0 Å². The molecule has 0 radical (unpaired) electrons. The third-order valence-corrected chi connectivity index (χ3v) is 2.83. The van der Waals surface area contributed by atoms with Crippen LogP contribution in [0.4, 0.5) is 11.5 Å². The van der Waals surface area contributed by atoms with Gasteiger partial charge < -0.3 is 16.4 Å². The van der Waals surface area contributed by atoms with Crippen LogP contribution in [0.5, 0.6) is 0 Å². The highest BCUT2D eigenvalue weighted by atomic mass is 14.9. The predicted molar refractivity (Wildman–Crippen MR) is 62.7 cm³/mol. The van der Waals surface area contributed by atoms with Gasteiger partial charge in [0.2, 0.25) is 0 Å². The number of rotatable bonds is 3. The summed E-state index contributed by atoms with van der Waals surface area (Å²) in [5.74, 6) is 1.35. The fourth-order valence-electron chi connectivity index (χ4n) is 1.91. The summed E-state index contributed by atoms with van der Waals surface area (Å²) in [4.78, 5) is 3.96. The molecule has 0 aromatic carbocycles. The molecule has 0 aliphatic carbocycles. The summed E-state index contributed by atoms with van der Waals surface area (Å²) in [5.41, 5.74) is 6.68. The largest absolute Gasteiger partial charge is 0.385 e. The van der Waals surface area contributed by atoms with Gasteiger partial charge in [-0.1, -0.05) is 0 Å². The Morgan fingerprint density at radius 1 is 1.47 bits per heavy atom. The average Bonchev–Trinajstić information content (AvgIpc) is 2.28. The minimum atomic E-state index is 0.574. The van der Waals surface area contributed by atoms with E-state index in [-0.39, 0.29) is 0 Å². The maximum Gasteiger partial charge on any atom is 0.125 e. The van der Waals surface area contributed by atoms with Crippen LogP contribution in [0, 0.1) is 5.92 Å². The van der Waals surface area contributed by atoms with Gasteiger partial charge in [0, 0.05) is 24.5 Å². The number of anilines is 2. The molecule has 2 rings (SSSR count). The van der Waals surface area contributed by atoms with Gasteiger partial charge in [0.05, 0.1) is 0 Å². The predicted octanol–water partition coefficient (Wildman–Crippen LogP) is 1.08. The van der Waals surface area contributed by atoms with E-state index in [9.17, 15) is 0 Å². The third kappa shape index (κ3) is 3.09. The zero-order valence-corrected chi connectivity index (χ0v) is 8.87. The van der Waals surface area contributed by atoms with E-state index in [2.05, 4.69) is 15.6 Å². The lowest BCUT2D eigenvalue weighted by atomic mass is 9.98. The molecule has 1 aromatic rings. The number of nitrogens with one attached hydrogen (secondary N) is 2. The molecular weight excluding hydrogens is 188 g/mol. The Morgan fingerprint density at radius 3 is 3.00 bits per heavy atom. The van der Waals surface area contributed by atoms with Gasteiger partial charge in [-0.25, -0.2) is 4.98 Å². The Morgan fingerprint density at radius 2 is 2.27 bits per heavy atom. The number of hydrogen-bond donors (Lipinski definition) is 3. The van der Waals surface area contributed by atoms with Crippen molar-refractivity contribution >= 4 is 11.5 Å². The maximum atomic E-state index is 5.61. The molecule has 15 heavy (non-hydrogen) atoms. The Bertz CT molecular complexity index is 307. The van der Waals surface area contributed by atoms with Crippen molar-refractivity contribution in [1.29, 1.82) is 0 Å². The lowest BCUT2D eigenvalue weighted by Crippen LogP contribution is -2.31. The topological polar surface area (TPSA) is 63.0 Å². The minimum Gasteiger partial charge on any atom is -0.385 e. The first kappa shape index (κ1) is 10.2. The summed E-state index contributed by atoms with van der Waals surface area (Å²) >= 11 is 0. The molecule has 0 unspecified atom stereocenters. The summed E-state index contributed by atoms with van der Waals surface area (Å²) in [6.07, 6.45) is 4.25. The number of nitrogens with two attached hydrogens (primary N) is 1. The van der Waals surface area contributed by atoms with Gasteiger partial charge in [0.1, 0.15) is 5.82 Å². The molecular formula is C11H18N4. The molecule has 1 aliphatic heterocycles. The fourth-order valence-corrected chi connectivity index (χ4v) is 1.91. The van der Waals surface area contributed by atoms with Gasteiger partial charge >= 0.3 is 0 Å². The van der Waals surface area contributed by atoms with E-state index in [1.807, 2.05) is 12.1 Å². The number of pyridine rings is 1. The van der Waals surface area contributed by atoms with Crippen molar-refractivity contribution in [3.8, 4) is 0 Å². The molecule has 1 saturated heterocycles. The van der Waals surface area contributed by atoms with Crippen LogP contribution in [0.2, 0.25) is 0 Å². The summed E-state index contributed by atoms with van der Waals surface area (Å²) < 4.78 is 0. The Kier molecular flexibility index (Phi) is 3.40. The molecule has 1 aliphatic rings. The molecule has 0 saturated carbocycles. The molecule has 4 heteroatoms. The highest BCUT2D eigenvalue weighted by molar-refractivity contribution is 5.49. The summed E-state index contributed by atoms with van der Waals surface area (Å²) in [7, 11) is 0. The standard InChI is InChI=1S/C11H18N4/c12-11-7-10(3-6-14-11)15-8-9-1-4-13-5-2-9/h3,6-7,9,13H,1-2,4-5,8H2,(H3,12,14,15). The Balaban J connectivity index is 1.81. The van der Waals surface area contributed by atoms with Gasteiger partial charge in [-0.3, -0.25) is 0 Å². The maximum absolute atomic E-state index is 5.61. The summed E-state index contributed by atoms with van der Waals surface area (Å²) in [6.45, 7) is 3.32. The number of nitrogens with zero attached hydrogens (tertiary/aromatic N) is 1. The number of hydrogen-bond acceptors (Lipinski definition) is 4. The van der Waals surface area contributed by atoms with Crippen LogP contribution in [0.25, 0.3) is 0 Å². The van der Waals surface area contributed by atoms with E-state index < -0.39 is 0 Å². The van der Waals surface area contributed by atoms with Crippen LogP contribution >= 0.6 is 0 Å². The molecule has 1 aromatic heterocycles. The van der Waals surface area contributed by atoms with Gasteiger partial charge in [0.15, 0.2) is 0 Å². The van der Waals surface area contributed by atoms with Crippen molar-refractivity contribution in [2.75, 3.05) is 30.7 Å². The van der Waals surface area contributed by atoms with E-state index >= 15 is 0 Å². The normalized spacial score (nSPS) is 17.6. The molecule has 82 valence electrons. The molecule has 4 N–H and O–H groups in total. The zero-order valence-electron chi connectivity index (χ0n) is 8.87. The molecule has 2 heterocycles. The van der Waals surface area contributed by atoms with Gasteiger partial charge in [0.25, 0.3) is 0 Å². The van der Waals surface area contributed by atoms with Gasteiger partial charge in [-0.2, -0.15) is 0 Å². The molecule has 0 spiro atoms. The molecule has 0 atom stereocenters. The smallest absolute Gasteiger partial charge is 0.125 e. The van der Waals surface area contributed by atoms with Crippen LogP contribution in [-0.2, 0) is 0 Å². The monoisotopic (exact) mass is 206 g/mol. The molecule has 0 bridgehead atoms. The van der Waals surface area contributed by atoms with Crippen LogP contribution in [0.3, 0.4) is 0 Å². The highest BCUT2D eigenvalue weighted by Crippen LogP contribution is 2.14. The SMILES string of the molecule is Nc1cc(NCC2CCNCC2)ccn1. The fraction of sp³-hybridized carbons (Fsp3) is 0.545. The zero-order chi connectivity index (χ0) is 10.5. The molecule has 4 nitrogen and oxygen atoms in total. The van der Waals surface area contributed by atoms with E-state index in [4.69, 9.17) is 5.73 Å². The quantitative estimate of drug-likeness (QED) is 0.692. The van der Waals surface area contributed by atoms with Gasteiger partial charge in [-0.05, 0) is 37.9 Å². The van der Waals surface area contributed by atoms with E-state index in [1.165, 1.54) is 12.8 Å². The number of aromatic nitrogens is 1. The second kappa shape index (κ2) is 4.98. The van der Waals surface area contributed by atoms with Crippen molar-refractivity contribution < 1.29 is 0 Å². The van der Waals surface area contributed by atoms with E-state index in [0.29, 0.717) is 5.82 Å². The van der Waals surface area contributed by atoms with Crippen molar-refractivity contribution in [3.05, 3.63) is 18.3 Å². The first-order chi connectivity index (χ1) is 7.34. The van der Waals surface area contributed by atoms with Crippen molar-refractivity contribution in [2.45, 2.75) is 12.8 Å². The van der Waals surface area contributed by atoms with Gasteiger partial charge in [-0.15, -0.1) is 0 Å². The Hall–Kier alpha value is -1.29. The lowest BCUT2D eigenvalue weighted by Gasteiger charge is -2.23. The Labute approximate surface area is 90.3 Å². The van der Waals surface area contributed by atoms with Crippen LogP contribution < -0.4 is 16.4 Å².